The minimum Gasteiger partial charge on any atom is -0.464 e. The highest BCUT2D eigenvalue weighted by molar-refractivity contribution is 5.87. The van der Waals surface area contributed by atoms with Crippen LogP contribution < -0.4 is 5.32 Å². The molecule has 19 heavy (non-hydrogen) atoms. The highest BCUT2D eigenvalue weighted by Gasteiger charge is 2.21. The number of rotatable bonds is 3. The number of esters is 1. The Morgan fingerprint density at radius 1 is 1.42 bits per heavy atom. The maximum Gasteiger partial charge on any atom is 0.356 e. The van der Waals surface area contributed by atoms with Gasteiger partial charge in [0, 0.05) is 18.0 Å². The molecule has 0 amide bonds. The standard InChI is InChI=1S/C13H16N4O2/c1-19-13(18)11-6-12(16-8-15-11)17-10-4-2-9(7-14)3-5-10/h6,8-10H,2-5H2,1H3,(H,15,16,17). The van der Waals surface area contributed by atoms with Gasteiger partial charge < -0.3 is 10.1 Å². The average Bonchev–Trinajstić information content (AvgIpc) is 2.47. The Kier molecular flexibility index (Phi) is 4.29. The molecule has 0 unspecified atom stereocenters. The molecule has 0 saturated heterocycles. The molecule has 0 atom stereocenters. The highest BCUT2D eigenvalue weighted by Crippen LogP contribution is 2.25. The summed E-state index contributed by atoms with van der Waals surface area (Å²) in [7, 11) is 1.32. The van der Waals surface area contributed by atoms with Crippen LogP contribution in [0.25, 0.3) is 0 Å². The number of nitriles is 1. The molecular formula is C13H16N4O2. The van der Waals surface area contributed by atoms with Gasteiger partial charge in [-0.1, -0.05) is 0 Å². The van der Waals surface area contributed by atoms with Crippen molar-refractivity contribution in [2.45, 2.75) is 31.7 Å². The third-order valence-corrected chi connectivity index (χ3v) is 3.32. The van der Waals surface area contributed by atoms with E-state index in [1.165, 1.54) is 13.4 Å². The summed E-state index contributed by atoms with van der Waals surface area (Å²) in [5.41, 5.74) is 0.241. The minimum atomic E-state index is -0.473. The molecule has 2 rings (SSSR count). The number of nitrogens with zero attached hydrogens (tertiary/aromatic N) is 3. The lowest BCUT2D eigenvalue weighted by atomic mass is 9.87. The van der Waals surface area contributed by atoms with E-state index in [-0.39, 0.29) is 11.6 Å². The SMILES string of the molecule is COC(=O)c1cc(NC2CCC(C#N)CC2)ncn1. The normalized spacial score (nSPS) is 22.3. The minimum absolute atomic E-state index is 0.175. The Bertz CT molecular complexity index is 490. The maximum absolute atomic E-state index is 11.4. The summed E-state index contributed by atoms with van der Waals surface area (Å²) in [6.07, 6.45) is 5.04. The first-order valence-electron chi connectivity index (χ1n) is 6.29. The van der Waals surface area contributed by atoms with E-state index in [0.29, 0.717) is 11.9 Å². The van der Waals surface area contributed by atoms with Gasteiger partial charge in [-0.3, -0.25) is 0 Å². The lowest BCUT2D eigenvalue weighted by Gasteiger charge is -2.25. The Morgan fingerprint density at radius 3 is 2.79 bits per heavy atom. The third-order valence-electron chi connectivity index (χ3n) is 3.32. The fourth-order valence-electron chi connectivity index (χ4n) is 2.23. The predicted molar refractivity (Wildman–Crippen MR) is 68.4 cm³/mol. The number of carbonyl (C=O) groups is 1. The van der Waals surface area contributed by atoms with Crippen molar-refractivity contribution in [1.29, 1.82) is 5.26 Å². The van der Waals surface area contributed by atoms with Crippen molar-refractivity contribution >= 4 is 11.8 Å². The molecule has 1 aromatic heterocycles. The van der Waals surface area contributed by atoms with Gasteiger partial charge in [0.15, 0.2) is 5.69 Å². The number of aromatic nitrogens is 2. The van der Waals surface area contributed by atoms with Crippen LogP contribution in [0.15, 0.2) is 12.4 Å². The van der Waals surface area contributed by atoms with Gasteiger partial charge >= 0.3 is 5.97 Å². The molecule has 0 bridgehead atoms. The second kappa shape index (κ2) is 6.14. The summed E-state index contributed by atoms with van der Waals surface area (Å²) < 4.78 is 4.62. The van der Waals surface area contributed by atoms with Crippen LogP contribution >= 0.6 is 0 Å². The molecule has 0 spiro atoms. The van der Waals surface area contributed by atoms with Gasteiger partial charge in [0.05, 0.1) is 13.2 Å². The Hall–Kier alpha value is -2.16. The summed E-state index contributed by atoms with van der Waals surface area (Å²) in [5, 5.41) is 12.1. The summed E-state index contributed by atoms with van der Waals surface area (Å²) in [6.45, 7) is 0. The van der Waals surface area contributed by atoms with Crippen LogP contribution in [0.1, 0.15) is 36.2 Å². The molecule has 1 saturated carbocycles. The van der Waals surface area contributed by atoms with Crippen molar-refractivity contribution < 1.29 is 9.53 Å². The molecule has 1 fully saturated rings. The molecule has 0 radical (unpaired) electrons. The monoisotopic (exact) mass is 260 g/mol. The predicted octanol–water partition coefficient (Wildman–Crippen LogP) is 1.76. The molecule has 0 aliphatic heterocycles. The molecule has 1 aliphatic carbocycles. The zero-order valence-corrected chi connectivity index (χ0v) is 10.8. The highest BCUT2D eigenvalue weighted by atomic mass is 16.5. The fourth-order valence-corrected chi connectivity index (χ4v) is 2.23. The van der Waals surface area contributed by atoms with E-state index >= 15 is 0 Å². The second-order valence-corrected chi connectivity index (χ2v) is 4.60. The lowest BCUT2D eigenvalue weighted by Crippen LogP contribution is -2.26. The van der Waals surface area contributed by atoms with Gasteiger partial charge in [-0.15, -0.1) is 0 Å². The van der Waals surface area contributed by atoms with Crippen LogP contribution in [0.4, 0.5) is 5.82 Å². The number of hydrogen-bond acceptors (Lipinski definition) is 6. The average molecular weight is 260 g/mol. The van der Waals surface area contributed by atoms with Gasteiger partial charge in [0.25, 0.3) is 0 Å². The van der Waals surface area contributed by atoms with Gasteiger partial charge in [0.2, 0.25) is 0 Å². The molecular weight excluding hydrogens is 244 g/mol. The van der Waals surface area contributed by atoms with Gasteiger partial charge in [-0.05, 0) is 25.7 Å². The van der Waals surface area contributed by atoms with Crippen LogP contribution in [-0.2, 0) is 4.74 Å². The molecule has 1 aromatic rings. The summed E-state index contributed by atoms with van der Waals surface area (Å²) >= 11 is 0. The van der Waals surface area contributed by atoms with Crippen molar-refractivity contribution in [2.75, 3.05) is 12.4 Å². The van der Waals surface area contributed by atoms with Crippen LogP contribution in [0, 0.1) is 17.2 Å². The summed E-state index contributed by atoms with van der Waals surface area (Å²) in [5.74, 6) is 0.323. The van der Waals surface area contributed by atoms with E-state index < -0.39 is 5.97 Å². The number of ether oxygens (including phenoxy) is 1. The zero-order chi connectivity index (χ0) is 13.7. The smallest absolute Gasteiger partial charge is 0.356 e. The number of anilines is 1. The summed E-state index contributed by atoms with van der Waals surface area (Å²) in [4.78, 5) is 19.3. The van der Waals surface area contributed by atoms with Crippen LogP contribution in [0.3, 0.4) is 0 Å². The molecule has 1 N–H and O–H groups in total. The number of hydrogen-bond donors (Lipinski definition) is 1. The van der Waals surface area contributed by atoms with Crippen LogP contribution in [-0.4, -0.2) is 29.1 Å². The van der Waals surface area contributed by atoms with E-state index in [9.17, 15) is 4.79 Å². The van der Waals surface area contributed by atoms with Crippen molar-refractivity contribution in [1.82, 2.24) is 9.97 Å². The summed E-state index contributed by atoms with van der Waals surface area (Å²) in [6, 6.07) is 4.19. The molecule has 1 aliphatic rings. The Morgan fingerprint density at radius 2 is 2.16 bits per heavy atom. The quantitative estimate of drug-likeness (QED) is 0.833. The number of methoxy groups -OCH3 is 1. The van der Waals surface area contributed by atoms with Crippen molar-refractivity contribution in [3.05, 3.63) is 18.1 Å². The number of nitrogens with one attached hydrogen (secondary N) is 1. The van der Waals surface area contributed by atoms with Crippen LogP contribution in [0.2, 0.25) is 0 Å². The van der Waals surface area contributed by atoms with E-state index in [1.807, 2.05) is 0 Å². The van der Waals surface area contributed by atoms with E-state index in [0.717, 1.165) is 25.7 Å². The van der Waals surface area contributed by atoms with Crippen molar-refractivity contribution in [3.63, 3.8) is 0 Å². The first-order chi connectivity index (χ1) is 9.22. The number of carbonyl (C=O) groups excluding carboxylic acids is 1. The third kappa shape index (κ3) is 3.41. The van der Waals surface area contributed by atoms with Gasteiger partial charge in [-0.25, -0.2) is 14.8 Å². The van der Waals surface area contributed by atoms with E-state index in [2.05, 4.69) is 26.1 Å². The lowest BCUT2D eigenvalue weighted by molar-refractivity contribution is 0.0594. The zero-order valence-electron chi connectivity index (χ0n) is 10.8. The molecule has 100 valence electrons. The fraction of sp³-hybridized carbons (Fsp3) is 0.538. The van der Waals surface area contributed by atoms with Crippen LogP contribution in [0.5, 0.6) is 0 Å². The molecule has 1 heterocycles. The first-order valence-corrected chi connectivity index (χ1v) is 6.29. The second-order valence-electron chi connectivity index (χ2n) is 4.60. The molecule has 0 aromatic carbocycles. The van der Waals surface area contributed by atoms with Crippen molar-refractivity contribution in [3.8, 4) is 6.07 Å². The Balaban J connectivity index is 1.97. The largest absolute Gasteiger partial charge is 0.464 e. The van der Waals surface area contributed by atoms with E-state index in [1.54, 1.807) is 6.07 Å². The topological polar surface area (TPSA) is 87.9 Å². The molecule has 6 heteroatoms. The van der Waals surface area contributed by atoms with Gasteiger partial charge in [-0.2, -0.15) is 5.26 Å². The Labute approximate surface area is 111 Å². The maximum atomic E-state index is 11.4. The van der Waals surface area contributed by atoms with Crippen molar-refractivity contribution in [2.24, 2.45) is 5.92 Å². The van der Waals surface area contributed by atoms with E-state index in [4.69, 9.17) is 5.26 Å². The molecule has 6 nitrogen and oxygen atoms in total. The first kappa shape index (κ1) is 13.3. The van der Waals surface area contributed by atoms with Gasteiger partial charge in [0.1, 0.15) is 12.1 Å².